The van der Waals surface area contributed by atoms with E-state index in [-0.39, 0.29) is 36.8 Å². The first-order valence-electron chi connectivity index (χ1n) is 13.1. The number of hydrogen-bond acceptors (Lipinski definition) is 8. The molecule has 2 heterocycles. The molecule has 2 aromatic heterocycles. The van der Waals surface area contributed by atoms with E-state index < -0.39 is 0 Å². The monoisotopic (exact) mass is 547 g/mol. The summed E-state index contributed by atoms with van der Waals surface area (Å²) >= 11 is 0. The van der Waals surface area contributed by atoms with Crippen LogP contribution in [-0.2, 0) is 6.54 Å². The normalized spacial score (nSPS) is 13.8. The third-order valence-corrected chi connectivity index (χ3v) is 6.95. The fraction of sp³-hybridized carbons (Fsp3) is 0.556. The number of aromatic nitrogens is 4. The number of nitrogens with zero attached hydrogens (tertiary/aromatic N) is 4. The largest absolute Gasteiger partial charge is 1.00 e. The number of nitrogen functional groups attached to an aromatic ring is 1. The molecule has 4 rings (SSSR count). The number of halogens is 1. The maximum Gasteiger partial charge on any atom is 0.355 e. The molecular weight excluding hydrogens is 510 g/mol. The van der Waals surface area contributed by atoms with Crippen molar-refractivity contribution < 1.29 is 40.8 Å². The van der Waals surface area contributed by atoms with E-state index in [1.165, 1.54) is 28.5 Å². The molecule has 3 aromatic rings. The van der Waals surface area contributed by atoms with Crippen molar-refractivity contribution in [3.05, 3.63) is 29.8 Å². The van der Waals surface area contributed by atoms with Crippen LogP contribution in [0, 0.1) is 5.92 Å². The lowest BCUT2D eigenvalue weighted by molar-refractivity contribution is -0.714. The molecule has 0 unspecified atom stereocenters. The molecule has 0 amide bonds. The van der Waals surface area contributed by atoms with Crippen LogP contribution in [0.15, 0.2) is 24.3 Å². The van der Waals surface area contributed by atoms with Crippen LogP contribution in [0.25, 0.3) is 5.65 Å². The molecule has 11 heteroatoms. The van der Waals surface area contributed by atoms with Gasteiger partial charge in [0.05, 0.1) is 20.8 Å². The first kappa shape index (κ1) is 29.3. The van der Waals surface area contributed by atoms with Crippen LogP contribution in [0.3, 0.4) is 0 Å². The van der Waals surface area contributed by atoms with E-state index >= 15 is 0 Å². The van der Waals surface area contributed by atoms with Crippen molar-refractivity contribution in [3.8, 4) is 23.1 Å². The molecule has 1 saturated carbocycles. The van der Waals surface area contributed by atoms with Gasteiger partial charge in [0.2, 0.25) is 11.5 Å². The van der Waals surface area contributed by atoms with Gasteiger partial charge < -0.3 is 37.1 Å². The van der Waals surface area contributed by atoms with E-state index in [9.17, 15) is 4.79 Å². The fourth-order valence-electron chi connectivity index (χ4n) is 4.77. The number of Topliss-reactive ketones (excluding diaryl/α,β-unsaturated/α-hetero) is 1. The molecule has 10 nitrogen and oxygen atoms in total. The van der Waals surface area contributed by atoms with Gasteiger partial charge in [-0.15, -0.1) is 4.68 Å². The minimum absolute atomic E-state index is 0. The van der Waals surface area contributed by atoms with Gasteiger partial charge in [-0.25, -0.2) is 0 Å². The Morgan fingerprint density at radius 2 is 1.82 bits per heavy atom. The number of hydrogen-bond donors (Lipinski definition) is 1. The second kappa shape index (κ2) is 13.5. The van der Waals surface area contributed by atoms with Crippen molar-refractivity contribution in [2.45, 2.75) is 71.4 Å². The number of anilines is 1. The minimum Gasteiger partial charge on any atom is -1.00 e. The van der Waals surface area contributed by atoms with Crippen molar-refractivity contribution in [2.75, 3.05) is 26.6 Å². The number of nitrogens with two attached hydrogens (primary N) is 1. The summed E-state index contributed by atoms with van der Waals surface area (Å²) in [5.41, 5.74) is 7.14. The Morgan fingerprint density at radius 3 is 2.47 bits per heavy atom. The van der Waals surface area contributed by atoms with Crippen LogP contribution in [0.5, 0.6) is 23.1 Å². The molecule has 1 aromatic carbocycles. The summed E-state index contributed by atoms with van der Waals surface area (Å²) in [5, 5.41) is 8.81. The van der Waals surface area contributed by atoms with Crippen molar-refractivity contribution >= 4 is 17.4 Å². The number of carbonyl (C=O) groups excluding carboxylic acids is 1. The number of rotatable bonds is 12. The Balaban J connectivity index is 0.00000400. The third-order valence-electron chi connectivity index (χ3n) is 6.95. The molecule has 0 saturated heterocycles. The second-order valence-electron chi connectivity index (χ2n) is 9.46. The van der Waals surface area contributed by atoms with Crippen molar-refractivity contribution in [3.63, 3.8) is 0 Å². The Kier molecular flexibility index (Phi) is 10.4. The first-order chi connectivity index (χ1) is 18.0. The highest BCUT2D eigenvalue weighted by molar-refractivity contribution is 5.96. The van der Waals surface area contributed by atoms with E-state index in [0.29, 0.717) is 46.9 Å². The number of fused-ring (bicyclic) bond motifs is 1. The SMILES string of the molecule is CCC(CC)Oc1ccc2n(n1)c(N)n[n+]2CC(=O)c1cc(OC)c(OC)c(OCC2CCCCC2)c1.[Cl-]. The Morgan fingerprint density at radius 1 is 1.11 bits per heavy atom. The smallest absolute Gasteiger partial charge is 0.355 e. The van der Waals surface area contributed by atoms with Crippen LogP contribution in [0.1, 0.15) is 69.2 Å². The summed E-state index contributed by atoms with van der Waals surface area (Å²) in [4.78, 5) is 13.4. The maximum absolute atomic E-state index is 13.4. The lowest BCUT2D eigenvalue weighted by atomic mass is 9.90. The van der Waals surface area contributed by atoms with Crippen molar-refractivity contribution in [2.24, 2.45) is 5.92 Å². The van der Waals surface area contributed by atoms with Crippen LogP contribution in [-0.4, -0.2) is 47.4 Å². The van der Waals surface area contributed by atoms with Gasteiger partial charge in [0.15, 0.2) is 18.0 Å². The molecule has 0 aliphatic heterocycles. The molecule has 2 N–H and O–H groups in total. The Labute approximate surface area is 229 Å². The average molecular weight is 548 g/mol. The molecule has 0 radical (unpaired) electrons. The summed E-state index contributed by atoms with van der Waals surface area (Å²) in [6.07, 6.45) is 7.87. The topological polar surface area (TPSA) is 114 Å². The zero-order chi connectivity index (χ0) is 26.4. The van der Waals surface area contributed by atoms with E-state index in [1.807, 2.05) is 0 Å². The second-order valence-corrected chi connectivity index (χ2v) is 9.46. The average Bonchev–Trinajstić information content (AvgIpc) is 3.24. The van der Waals surface area contributed by atoms with E-state index in [4.69, 9.17) is 24.7 Å². The lowest BCUT2D eigenvalue weighted by Gasteiger charge is -2.23. The van der Waals surface area contributed by atoms with E-state index in [1.54, 1.807) is 38.5 Å². The van der Waals surface area contributed by atoms with Crippen LogP contribution >= 0.6 is 0 Å². The molecule has 0 atom stereocenters. The number of carbonyl (C=O) groups is 1. The van der Waals surface area contributed by atoms with Gasteiger partial charge in [-0.2, -0.15) is 0 Å². The summed E-state index contributed by atoms with van der Waals surface area (Å²) in [5.74, 6) is 2.38. The van der Waals surface area contributed by atoms with Crippen LogP contribution in [0.2, 0.25) is 0 Å². The third kappa shape index (κ3) is 6.59. The fourth-order valence-corrected chi connectivity index (χ4v) is 4.77. The highest BCUT2D eigenvalue weighted by atomic mass is 35.5. The van der Waals surface area contributed by atoms with E-state index in [0.717, 1.165) is 25.7 Å². The van der Waals surface area contributed by atoms with Gasteiger partial charge in [0.25, 0.3) is 5.88 Å². The lowest BCUT2D eigenvalue weighted by Crippen LogP contribution is -3.00. The first-order valence-corrected chi connectivity index (χ1v) is 13.1. The number of ether oxygens (including phenoxy) is 4. The summed E-state index contributed by atoms with van der Waals surface area (Å²) in [7, 11) is 3.11. The standard InChI is InChI=1S/C27H38N5O5.ClH/c1-5-20(6-2)37-24-12-13-25-31(30-27(28)32(25)29-24)16-21(33)19-14-22(34-3)26(35-4)23(15-19)36-17-18-10-8-7-9-11-18;/h12-15,18,20H,5-11,16-17H2,1-4H3,(H2,28,30);1H/q+1;/p-1. The summed E-state index contributed by atoms with van der Waals surface area (Å²) in [6, 6.07) is 6.95. The number of benzene rings is 1. The molecule has 1 aliphatic rings. The van der Waals surface area contributed by atoms with Crippen LogP contribution in [0.4, 0.5) is 5.95 Å². The molecule has 1 fully saturated rings. The molecule has 208 valence electrons. The van der Waals surface area contributed by atoms with Gasteiger partial charge in [0.1, 0.15) is 6.10 Å². The van der Waals surface area contributed by atoms with Crippen molar-refractivity contribution in [1.29, 1.82) is 0 Å². The highest BCUT2D eigenvalue weighted by Crippen LogP contribution is 2.39. The summed E-state index contributed by atoms with van der Waals surface area (Å²) in [6.45, 7) is 4.69. The summed E-state index contributed by atoms with van der Waals surface area (Å²) < 4.78 is 26.2. The van der Waals surface area contributed by atoms with Gasteiger partial charge in [-0.3, -0.25) is 4.79 Å². The predicted molar refractivity (Wildman–Crippen MR) is 139 cm³/mol. The van der Waals surface area contributed by atoms with E-state index in [2.05, 4.69) is 24.0 Å². The minimum atomic E-state index is -0.175. The van der Waals surface area contributed by atoms with Crippen molar-refractivity contribution in [1.82, 2.24) is 14.7 Å². The van der Waals surface area contributed by atoms with Gasteiger partial charge in [0, 0.05) is 17.7 Å². The molecular formula is C27H38ClN5O5. The molecule has 38 heavy (non-hydrogen) atoms. The van der Waals surface area contributed by atoms with Gasteiger partial charge >= 0.3 is 11.6 Å². The number of ketones is 1. The predicted octanol–water partition coefficient (Wildman–Crippen LogP) is 1.03. The highest BCUT2D eigenvalue weighted by Gasteiger charge is 2.25. The Bertz CT molecular complexity index is 1220. The zero-order valence-corrected chi connectivity index (χ0v) is 23.4. The molecule has 1 aliphatic carbocycles. The Hall–Kier alpha value is -3.27. The van der Waals surface area contributed by atoms with Gasteiger partial charge in [-0.05, 0) is 53.9 Å². The maximum atomic E-state index is 13.4. The number of methoxy groups -OCH3 is 2. The molecule has 0 bridgehead atoms. The van der Waals surface area contributed by atoms with Gasteiger partial charge in [-0.1, -0.05) is 37.6 Å². The molecule has 0 spiro atoms. The zero-order valence-electron chi connectivity index (χ0n) is 22.6. The quantitative estimate of drug-likeness (QED) is 0.264. The van der Waals surface area contributed by atoms with Crippen LogP contribution < -0.4 is 41.8 Å².